The van der Waals surface area contributed by atoms with E-state index in [9.17, 15) is 0 Å². The number of fused-ring (bicyclic) bond motifs is 1. The smallest absolute Gasteiger partial charge is 0.0714 e. The Morgan fingerprint density at radius 1 is 0.947 bits per heavy atom. The first-order valence-corrected chi connectivity index (χ1v) is 6.45. The van der Waals surface area contributed by atoms with Crippen molar-refractivity contribution in [3.63, 3.8) is 0 Å². The molecule has 1 heterocycles. The van der Waals surface area contributed by atoms with E-state index in [1.54, 1.807) is 0 Å². The van der Waals surface area contributed by atoms with E-state index in [2.05, 4.69) is 59.6 Å². The summed E-state index contributed by atoms with van der Waals surface area (Å²) in [4.78, 5) is 4.51. The van der Waals surface area contributed by atoms with E-state index in [1.807, 2.05) is 25.3 Å². The van der Waals surface area contributed by atoms with Crippen LogP contribution in [0.25, 0.3) is 28.1 Å². The monoisotopic (exact) mass is 245 g/mol. The van der Waals surface area contributed by atoms with Crippen molar-refractivity contribution >= 4 is 16.8 Å². The van der Waals surface area contributed by atoms with E-state index in [0.29, 0.717) is 0 Å². The highest BCUT2D eigenvalue weighted by Crippen LogP contribution is 2.27. The molecule has 92 valence electrons. The molecular formula is C18H15N. The molecule has 0 saturated heterocycles. The summed E-state index contributed by atoms with van der Waals surface area (Å²) in [7, 11) is 0. The van der Waals surface area contributed by atoms with Crippen molar-refractivity contribution in [1.29, 1.82) is 0 Å². The van der Waals surface area contributed by atoms with Crippen LogP contribution in [0, 0.1) is 0 Å². The Morgan fingerprint density at radius 3 is 2.68 bits per heavy atom. The summed E-state index contributed by atoms with van der Waals surface area (Å²) in [6.07, 6.45) is 6.00. The third-order valence-corrected chi connectivity index (χ3v) is 3.21. The maximum atomic E-state index is 4.51. The van der Waals surface area contributed by atoms with Crippen LogP contribution in [-0.2, 0) is 0 Å². The first kappa shape index (κ1) is 11.7. The van der Waals surface area contributed by atoms with Gasteiger partial charge in [0.1, 0.15) is 0 Å². The number of aromatic nitrogens is 1. The average Bonchev–Trinajstić information content (AvgIpc) is 2.47. The van der Waals surface area contributed by atoms with Crippen molar-refractivity contribution in [2.45, 2.75) is 6.92 Å². The molecule has 3 aromatic rings. The summed E-state index contributed by atoms with van der Waals surface area (Å²) in [5.74, 6) is 0. The van der Waals surface area contributed by atoms with E-state index in [0.717, 1.165) is 5.69 Å². The van der Waals surface area contributed by atoms with E-state index in [4.69, 9.17) is 0 Å². The molecule has 0 saturated carbocycles. The number of allylic oxidation sites excluding steroid dienone is 1. The molecule has 0 bridgehead atoms. The Hall–Kier alpha value is -2.41. The first-order valence-electron chi connectivity index (χ1n) is 6.45. The van der Waals surface area contributed by atoms with Gasteiger partial charge in [-0.2, -0.15) is 0 Å². The summed E-state index contributed by atoms with van der Waals surface area (Å²) in [6.45, 7) is 2.03. The molecule has 0 fully saturated rings. The van der Waals surface area contributed by atoms with Crippen molar-refractivity contribution in [3.8, 4) is 11.3 Å². The van der Waals surface area contributed by atoms with Gasteiger partial charge in [0.25, 0.3) is 0 Å². The molecule has 3 rings (SSSR count). The van der Waals surface area contributed by atoms with Gasteiger partial charge in [-0.15, -0.1) is 0 Å². The molecule has 0 radical (unpaired) electrons. The third kappa shape index (κ3) is 2.27. The Morgan fingerprint density at radius 2 is 1.79 bits per heavy atom. The van der Waals surface area contributed by atoms with Crippen LogP contribution < -0.4 is 0 Å². The van der Waals surface area contributed by atoms with Gasteiger partial charge in [-0.1, -0.05) is 54.6 Å². The van der Waals surface area contributed by atoms with Gasteiger partial charge in [0.2, 0.25) is 0 Å². The number of benzene rings is 2. The van der Waals surface area contributed by atoms with Gasteiger partial charge in [-0.05, 0) is 35.4 Å². The molecule has 1 heteroatoms. The van der Waals surface area contributed by atoms with Gasteiger partial charge >= 0.3 is 0 Å². The molecule has 0 amide bonds. The van der Waals surface area contributed by atoms with Crippen LogP contribution in [0.3, 0.4) is 0 Å². The van der Waals surface area contributed by atoms with Crippen LogP contribution in [0.1, 0.15) is 12.5 Å². The number of rotatable bonds is 2. The SMILES string of the molecule is C/C=C/c1ccnc(-c2cccc3ccccc23)c1. The number of pyridine rings is 1. The van der Waals surface area contributed by atoms with Crippen LogP contribution >= 0.6 is 0 Å². The lowest BCUT2D eigenvalue weighted by Crippen LogP contribution is -1.86. The van der Waals surface area contributed by atoms with Crippen LogP contribution in [0.5, 0.6) is 0 Å². The molecule has 0 aliphatic carbocycles. The zero-order valence-corrected chi connectivity index (χ0v) is 10.9. The van der Waals surface area contributed by atoms with Gasteiger partial charge in [-0.3, -0.25) is 4.98 Å². The number of hydrogen-bond donors (Lipinski definition) is 0. The van der Waals surface area contributed by atoms with Gasteiger partial charge in [-0.25, -0.2) is 0 Å². The lowest BCUT2D eigenvalue weighted by atomic mass is 10.0. The maximum absolute atomic E-state index is 4.51. The molecule has 0 N–H and O–H groups in total. The number of nitrogens with zero attached hydrogens (tertiary/aromatic N) is 1. The topological polar surface area (TPSA) is 12.9 Å². The van der Waals surface area contributed by atoms with E-state index >= 15 is 0 Å². The lowest BCUT2D eigenvalue weighted by Gasteiger charge is -2.06. The Balaban J connectivity index is 2.21. The standard InChI is InChI=1S/C18H15N/c1-2-6-14-11-12-19-18(13-14)17-10-5-8-15-7-3-4-9-16(15)17/h2-13H,1H3/b6-2+. The van der Waals surface area contributed by atoms with Crippen LogP contribution in [0.2, 0.25) is 0 Å². The third-order valence-electron chi connectivity index (χ3n) is 3.21. The van der Waals surface area contributed by atoms with Crippen molar-refractivity contribution in [2.24, 2.45) is 0 Å². The minimum absolute atomic E-state index is 1.02. The average molecular weight is 245 g/mol. The predicted molar refractivity (Wildman–Crippen MR) is 81.9 cm³/mol. The van der Waals surface area contributed by atoms with Gasteiger partial charge in [0.15, 0.2) is 0 Å². The maximum Gasteiger partial charge on any atom is 0.0714 e. The Labute approximate surface area is 113 Å². The summed E-state index contributed by atoms with van der Waals surface area (Å²) in [5, 5.41) is 2.49. The molecule has 0 spiro atoms. The normalized spacial score (nSPS) is 11.2. The van der Waals surface area contributed by atoms with E-state index < -0.39 is 0 Å². The van der Waals surface area contributed by atoms with Crippen LogP contribution in [-0.4, -0.2) is 4.98 Å². The second-order valence-corrected chi connectivity index (χ2v) is 4.50. The fraction of sp³-hybridized carbons (Fsp3) is 0.0556. The summed E-state index contributed by atoms with van der Waals surface area (Å²) < 4.78 is 0. The molecule has 0 unspecified atom stereocenters. The molecule has 1 nitrogen and oxygen atoms in total. The quantitative estimate of drug-likeness (QED) is 0.623. The highest BCUT2D eigenvalue weighted by atomic mass is 14.7. The Kier molecular flexibility index (Phi) is 3.11. The van der Waals surface area contributed by atoms with Crippen LogP contribution in [0.4, 0.5) is 0 Å². The van der Waals surface area contributed by atoms with E-state index in [1.165, 1.54) is 21.9 Å². The minimum atomic E-state index is 1.02. The predicted octanol–water partition coefficient (Wildman–Crippen LogP) is 4.93. The molecule has 0 aliphatic heterocycles. The second-order valence-electron chi connectivity index (χ2n) is 4.50. The van der Waals surface area contributed by atoms with E-state index in [-0.39, 0.29) is 0 Å². The zero-order valence-electron chi connectivity index (χ0n) is 10.9. The van der Waals surface area contributed by atoms with Crippen LogP contribution in [0.15, 0.2) is 66.9 Å². The highest BCUT2D eigenvalue weighted by Gasteiger charge is 2.04. The molecule has 0 aliphatic rings. The fourth-order valence-corrected chi connectivity index (χ4v) is 2.34. The molecule has 0 atom stereocenters. The first-order chi connectivity index (χ1) is 9.38. The molecule has 2 aromatic carbocycles. The fourth-order valence-electron chi connectivity index (χ4n) is 2.34. The highest BCUT2D eigenvalue weighted by molar-refractivity contribution is 5.95. The number of hydrogen-bond acceptors (Lipinski definition) is 1. The minimum Gasteiger partial charge on any atom is -0.256 e. The molecular weight excluding hydrogens is 230 g/mol. The van der Waals surface area contributed by atoms with Gasteiger partial charge in [0.05, 0.1) is 5.69 Å². The van der Waals surface area contributed by atoms with Crippen molar-refractivity contribution in [3.05, 3.63) is 72.4 Å². The van der Waals surface area contributed by atoms with Gasteiger partial charge in [0, 0.05) is 11.8 Å². The largest absolute Gasteiger partial charge is 0.256 e. The summed E-state index contributed by atoms with van der Waals surface area (Å²) in [5.41, 5.74) is 3.39. The Bertz CT molecular complexity index is 736. The zero-order chi connectivity index (χ0) is 13.1. The lowest BCUT2D eigenvalue weighted by molar-refractivity contribution is 1.32. The van der Waals surface area contributed by atoms with Crippen molar-refractivity contribution in [1.82, 2.24) is 4.98 Å². The molecule has 1 aromatic heterocycles. The van der Waals surface area contributed by atoms with Crippen molar-refractivity contribution < 1.29 is 0 Å². The summed E-state index contributed by atoms with van der Waals surface area (Å²) in [6, 6.07) is 18.9. The second kappa shape index (κ2) is 5.07. The molecule has 19 heavy (non-hydrogen) atoms. The summed E-state index contributed by atoms with van der Waals surface area (Å²) >= 11 is 0. The van der Waals surface area contributed by atoms with Crippen molar-refractivity contribution in [2.75, 3.05) is 0 Å². The van der Waals surface area contributed by atoms with Gasteiger partial charge < -0.3 is 0 Å².